The molecule has 2 amide bonds. The molecule has 0 radical (unpaired) electrons. The molecule has 1 fully saturated rings. The molecule has 1 atom stereocenters. The van der Waals surface area contributed by atoms with Crippen molar-refractivity contribution in [3.8, 4) is 0 Å². The highest BCUT2D eigenvalue weighted by atomic mass is 16.5. The van der Waals surface area contributed by atoms with Crippen molar-refractivity contribution >= 4 is 17.5 Å². The van der Waals surface area contributed by atoms with Crippen LogP contribution in [0.1, 0.15) is 36.3 Å². The maximum atomic E-state index is 12.2. The van der Waals surface area contributed by atoms with E-state index >= 15 is 0 Å². The minimum absolute atomic E-state index is 0.248. The van der Waals surface area contributed by atoms with Gasteiger partial charge in [-0.05, 0) is 36.1 Å². The average Bonchev–Trinajstić information content (AvgIpc) is 3.11. The molecule has 0 spiro atoms. The Hall–Kier alpha value is -2.86. The highest BCUT2D eigenvalue weighted by Gasteiger charge is 2.22. The van der Waals surface area contributed by atoms with Crippen LogP contribution in [0.3, 0.4) is 0 Å². The highest BCUT2D eigenvalue weighted by Crippen LogP contribution is 2.27. The van der Waals surface area contributed by atoms with Gasteiger partial charge in [0, 0.05) is 31.7 Å². The SMILES string of the molecule is O=C(NO)C(c1ccccc1)c1cccc(NCCCN2CCCC2=O)c1. The summed E-state index contributed by atoms with van der Waals surface area (Å²) in [5.74, 6) is -0.802. The van der Waals surface area contributed by atoms with E-state index in [2.05, 4.69) is 5.32 Å². The van der Waals surface area contributed by atoms with Gasteiger partial charge in [-0.3, -0.25) is 14.8 Å². The lowest BCUT2D eigenvalue weighted by Crippen LogP contribution is -2.27. The van der Waals surface area contributed by atoms with Crippen LogP contribution in [-0.4, -0.2) is 41.6 Å². The quantitative estimate of drug-likeness (QED) is 0.381. The Bertz CT molecular complexity index is 779. The second-order valence-corrected chi connectivity index (χ2v) is 6.71. The summed E-state index contributed by atoms with van der Waals surface area (Å²) in [4.78, 5) is 25.8. The first kappa shape index (κ1) is 18.9. The predicted molar refractivity (Wildman–Crippen MR) is 104 cm³/mol. The molecule has 0 saturated carbocycles. The first-order valence-electron chi connectivity index (χ1n) is 9.29. The molecule has 1 aliphatic rings. The van der Waals surface area contributed by atoms with Gasteiger partial charge in [-0.15, -0.1) is 0 Å². The van der Waals surface area contributed by atoms with E-state index < -0.39 is 11.8 Å². The third-order valence-corrected chi connectivity index (χ3v) is 4.83. The van der Waals surface area contributed by atoms with Gasteiger partial charge in [0.15, 0.2) is 0 Å². The lowest BCUT2D eigenvalue weighted by molar-refractivity contribution is -0.130. The number of amides is 2. The van der Waals surface area contributed by atoms with E-state index in [1.165, 1.54) is 0 Å². The van der Waals surface area contributed by atoms with Crippen LogP contribution in [0.2, 0.25) is 0 Å². The molecule has 2 aromatic rings. The third-order valence-electron chi connectivity index (χ3n) is 4.83. The molecule has 142 valence electrons. The fourth-order valence-electron chi connectivity index (χ4n) is 3.48. The number of nitrogens with zero attached hydrogens (tertiary/aromatic N) is 1. The van der Waals surface area contributed by atoms with Crippen molar-refractivity contribution in [1.29, 1.82) is 0 Å². The Balaban J connectivity index is 1.64. The number of nitrogens with one attached hydrogen (secondary N) is 2. The number of likely N-dealkylation sites (tertiary alicyclic amines) is 1. The van der Waals surface area contributed by atoms with Crippen LogP contribution in [-0.2, 0) is 9.59 Å². The second-order valence-electron chi connectivity index (χ2n) is 6.71. The first-order chi connectivity index (χ1) is 13.2. The van der Waals surface area contributed by atoms with Gasteiger partial charge in [0.1, 0.15) is 0 Å². The van der Waals surface area contributed by atoms with E-state index in [1.807, 2.05) is 59.5 Å². The maximum absolute atomic E-state index is 12.2. The molecule has 1 saturated heterocycles. The van der Waals surface area contributed by atoms with Crippen molar-refractivity contribution in [2.45, 2.75) is 25.2 Å². The molecular weight excluding hydrogens is 342 g/mol. The van der Waals surface area contributed by atoms with Gasteiger partial charge in [0.25, 0.3) is 5.91 Å². The topological polar surface area (TPSA) is 81.7 Å². The van der Waals surface area contributed by atoms with Crippen molar-refractivity contribution < 1.29 is 14.8 Å². The molecule has 2 aromatic carbocycles. The molecule has 27 heavy (non-hydrogen) atoms. The molecular formula is C21H25N3O3. The van der Waals surface area contributed by atoms with E-state index in [4.69, 9.17) is 5.21 Å². The molecule has 1 unspecified atom stereocenters. The number of hydrogen-bond acceptors (Lipinski definition) is 4. The van der Waals surface area contributed by atoms with E-state index in [-0.39, 0.29) is 5.91 Å². The van der Waals surface area contributed by atoms with Crippen LogP contribution in [0.5, 0.6) is 0 Å². The summed E-state index contributed by atoms with van der Waals surface area (Å²) in [6, 6.07) is 17.0. The number of hydroxylamine groups is 1. The number of rotatable bonds is 8. The Morgan fingerprint density at radius 3 is 2.59 bits per heavy atom. The zero-order chi connectivity index (χ0) is 19.1. The van der Waals surface area contributed by atoms with Gasteiger partial charge >= 0.3 is 0 Å². The largest absolute Gasteiger partial charge is 0.385 e. The zero-order valence-electron chi connectivity index (χ0n) is 15.2. The first-order valence-corrected chi connectivity index (χ1v) is 9.29. The molecule has 0 aromatic heterocycles. The van der Waals surface area contributed by atoms with E-state index in [1.54, 1.807) is 5.48 Å². The average molecular weight is 367 g/mol. The van der Waals surface area contributed by atoms with Gasteiger partial charge in [0.2, 0.25) is 5.91 Å². The minimum atomic E-state index is -0.583. The van der Waals surface area contributed by atoms with E-state index in [0.717, 1.165) is 49.3 Å². The van der Waals surface area contributed by atoms with Crippen molar-refractivity contribution in [3.05, 3.63) is 65.7 Å². The second kappa shape index (κ2) is 9.19. The summed E-state index contributed by atoms with van der Waals surface area (Å²) >= 11 is 0. The van der Waals surface area contributed by atoms with Crippen LogP contribution < -0.4 is 10.8 Å². The number of anilines is 1. The van der Waals surface area contributed by atoms with Crippen molar-refractivity contribution in [1.82, 2.24) is 10.4 Å². The lowest BCUT2D eigenvalue weighted by atomic mass is 9.90. The summed E-state index contributed by atoms with van der Waals surface area (Å²) < 4.78 is 0. The van der Waals surface area contributed by atoms with Gasteiger partial charge in [-0.2, -0.15) is 0 Å². The van der Waals surface area contributed by atoms with Crippen LogP contribution in [0.4, 0.5) is 5.69 Å². The number of benzene rings is 2. The molecule has 1 heterocycles. The van der Waals surface area contributed by atoms with E-state index in [0.29, 0.717) is 6.42 Å². The monoisotopic (exact) mass is 367 g/mol. The minimum Gasteiger partial charge on any atom is -0.385 e. The van der Waals surface area contributed by atoms with Crippen molar-refractivity contribution in [3.63, 3.8) is 0 Å². The summed E-state index contributed by atoms with van der Waals surface area (Å²) in [7, 11) is 0. The summed E-state index contributed by atoms with van der Waals surface area (Å²) in [6.45, 7) is 2.38. The molecule has 6 heteroatoms. The number of carbonyl (C=O) groups excluding carboxylic acids is 2. The standard InChI is InChI=1S/C21H25N3O3/c25-19-11-5-13-24(19)14-6-12-22-18-10-4-9-17(15-18)20(21(26)23-27)16-7-2-1-3-8-16/h1-4,7-10,15,20,22,27H,5-6,11-14H2,(H,23,26). The van der Waals surface area contributed by atoms with Gasteiger partial charge in [-0.1, -0.05) is 42.5 Å². The van der Waals surface area contributed by atoms with Gasteiger partial charge in [0.05, 0.1) is 5.92 Å². The van der Waals surface area contributed by atoms with Gasteiger partial charge < -0.3 is 10.2 Å². The van der Waals surface area contributed by atoms with Crippen LogP contribution in [0.25, 0.3) is 0 Å². The van der Waals surface area contributed by atoms with Crippen LogP contribution in [0.15, 0.2) is 54.6 Å². The van der Waals surface area contributed by atoms with Crippen LogP contribution in [0, 0.1) is 0 Å². The number of hydrogen-bond donors (Lipinski definition) is 3. The van der Waals surface area contributed by atoms with E-state index in [9.17, 15) is 9.59 Å². The predicted octanol–water partition coefficient (Wildman–Crippen LogP) is 2.75. The zero-order valence-corrected chi connectivity index (χ0v) is 15.2. The Morgan fingerprint density at radius 1 is 1.11 bits per heavy atom. The molecule has 3 rings (SSSR count). The fourth-order valence-corrected chi connectivity index (χ4v) is 3.48. The van der Waals surface area contributed by atoms with Gasteiger partial charge in [-0.25, -0.2) is 5.48 Å². The summed E-state index contributed by atoms with van der Waals surface area (Å²) in [6.07, 6.45) is 2.50. The number of carbonyl (C=O) groups is 2. The molecule has 1 aliphatic heterocycles. The molecule has 6 nitrogen and oxygen atoms in total. The molecule has 0 aliphatic carbocycles. The Kier molecular flexibility index (Phi) is 6.44. The maximum Gasteiger partial charge on any atom is 0.255 e. The normalized spacial score (nSPS) is 14.9. The molecule has 0 bridgehead atoms. The third kappa shape index (κ3) is 4.86. The summed E-state index contributed by atoms with van der Waals surface area (Å²) in [5.41, 5.74) is 4.29. The fraction of sp³-hybridized carbons (Fsp3) is 0.333. The highest BCUT2D eigenvalue weighted by molar-refractivity contribution is 5.86. The van der Waals surface area contributed by atoms with Crippen molar-refractivity contribution in [2.75, 3.05) is 25.0 Å². The smallest absolute Gasteiger partial charge is 0.255 e. The Morgan fingerprint density at radius 2 is 1.89 bits per heavy atom. The lowest BCUT2D eigenvalue weighted by Gasteiger charge is -2.18. The Labute approximate surface area is 159 Å². The summed E-state index contributed by atoms with van der Waals surface area (Å²) in [5, 5.41) is 12.5. The molecule has 3 N–H and O–H groups in total. The van der Waals surface area contributed by atoms with Crippen molar-refractivity contribution in [2.24, 2.45) is 0 Å². The van der Waals surface area contributed by atoms with Crippen LogP contribution >= 0.6 is 0 Å².